The van der Waals surface area contributed by atoms with E-state index in [0.717, 1.165) is 43.4 Å². The predicted molar refractivity (Wildman–Crippen MR) is 135 cm³/mol. The van der Waals surface area contributed by atoms with E-state index in [4.69, 9.17) is 18.9 Å². The first-order chi connectivity index (χ1) is 17.4. The molecule has 1 saturated carbocycles. The number of hydrogen-bond acceptors (Lipinski definition) is 7. The Morgan fingerprint density at radius 1 is 0.917 bits per heavy atom. The molecule has 2 aromatic carbocycles. The molecule has 0 aromatic heterocycles. The molecular weight excluding hydrogens is 464 g/mol. The molecular formula is C27H34N2O7. The van der Waals surface area contributed by atoms with Crippen molar-refractivity contribution in [2.45, 2.75) is 38.6 Å². The second-order valence-corrected chi connectivity index (χ2v) is 8.75. The number of likely N-dealkylation sites (N-methyl/N-ethyl adjacent to an activating group) is 1. The number of ether oxygens (including phenoxy) is 4. The van der Waals surface area contributed by atoms with E-state index in [9.17, 15) is 14.4 Å². The third-order valence-electron chi connectivity index (χ3n) is 6.31. The molecule has 194 valence electrons. The second-order valence-electron chi connectivity index (χ2n) is 8.75. The van der Waals surface area contributed by atoms with Gasteiger partial charge in [0.1, 0.15) is 5.75 Å². The van der Waals surface area contributed by atoms with Crippen LogP contribution in [0.3, 0.4) is 0 Å². The van der Waals surface area contributed by atoms with Crippen LogP contribution in [-0.4, -0.2) is 57.7 Å². The third kappa shape index (κ3) is 6.90. The lowest BCUT2D eigenvalue weighted by Crippen LogP contribution is -2.31. The number of hydrogen-bond donors (Lipinski definition) is 1. The monoisotopic (exact) mass is 498 g/mol. The number of carbonyl (C=O) groups excluding carboxylic acids is 3. The Bertz CT molecular complexity index is 1060. The zero-order valence-corrected chi connectivity index (χ0v) is 21.3. The van der Waals surface area contributed by atoms with Crippen molar-refractivity contribution in [2.24, 2.45) is 5.92 Å². The fourth-order valence-corrected chi connectivity index (χ4v) is 4.16. The fraction of sp³-hybridized carbons (Fsp3) is 0.444. The maximum absolute atomic E-state index is 13.0. The molecule has 2 aromatic rings. The summed E-state index contributed by atoms with van der Waals surface area (Å²) in [4.78, 5) is 39.9. The minimum Gasteiger partial charge on any atom is -0.497 e. The van der Waals surface area contributed by atoms with Gasteiger partial charge in [-0.15, -0.1) is 0 Å². The molecule has 0 aliphatic heterocycles. The van der Waals surface area contributed by atoms with Crippen molar-refractivity contribution in [1.29, 1.82) is 0 Å². The maximum atomic E-state index is 13.0. The number of nitrogens with zero attached hydrogens (tertiary/aromatic N) is 1. The summed E-state index contributed by atoms with van der Waals surface area (Å²) in [6.45, 7) is -0.102. The first-order valence-corrected chi connectivity index (χ1v) is 12.0. The molecule has 1 N–H and O–H groups in total. The van der Waals surface area contributed by atoms with E-state index in [2.05, 4.69) is 5.32 Å². The zero-order valence-electron chi connectivity index (χ0n) is 21.3. The topological polar surface area (TPSA) is 103 Å². The number of benzene rings is 2. The van der Waals surface area contributed by atoms with E-state index >= 15 is 0 Å². The van der Waals surface area contributed by atoms with E-state index in [0.29, 0.717) is 18.0 Å². The highest BCUT2D eigenvalue weighted by molar-refractivity contribution is 6.03. The molecule has 0 radical (unpaired) electrons. The minimum absolute atomic E-state index is 0.0856. The van der Waals surface area contributed by atoms with Crippen LogP contribution in [0.5, 0.6) is 17.2 Å². The standard InChI is InChI=1S/C27H34N2O7/c1-29(16-18-10-12-20(33-2)13-11-18)25(30)17-36-27(32)21-14-23(34-3)24(35-4)15-22(21)28-26(31)19-8-6-5-7-9-19/h10-15,19H,5-9,16-17H2,1-4H3,(H,28,31). The zero-order chi connectivity index (χ0) is 26.1. The van der Waals surface area contributed by atoms with Gasteiger partial charge in [-0.1, -0.05) is 31.4 Å². The number of anilines is 1. The number of methoxy groups -OCH3 is 3. The molecule has 9 heteroatoms. The van der Waals surface area contributed by atoms with Crippen molar-refractivity contribution in [3.05, 3.63) is 47.5 Å². The van der Waals surface area contributed by atoms with E-state index in [-0.39, 0.29) is 29.0 Å². The van der Waals surface area contributed by atoms with Crippen LogP contribution in [0, 0.1) is 5.92 Å². The molecule has 1 aliphatic carbocycles. The SMILES string of the molecule is COc1ccc(CN(C)C(=O)COC(=O)c2cc(OC)c(OC)cc2NC(=O)C2CCCCC2)cc1. The van der Waals surface area contributed by atoms with Crippen LogP contribution in [0.4, 0.5) is 5.69 Å². The highest BCUT2D eigenvalue weighted by atomic mass is 16.5. The van der Waals surface area contributed by atoms with Gasteiger partial charge < -0.3 is 29.2 Å². The molecule has 9 nitrogen and oxygen atoms in total. The number of carbonyl (C=O) groups is 3. The highest BCUT2D eigenvalue weighted by Crippen LogP contribution is 2.35. The van der Waals surface area contributed by atoms with Gasteiger partial charge >= 0.3 is 5.97 Å². The van der Waals surface area contributed by atoms with Crippen LogP contribution in [-0.2, 0) is 20.9 Å². The van der Waals surface area contributed by atoms with Gasteiger partial charge in [0, 0.05) is 31.6 Å². The summed E-state index contributed by atoms with van der Waals surface area (Å²) in [5, 5.41) is 2.86. The van der Waals surface area contributed by atoms with Gasteiger partial charge in [0.25, 0.3) is 5.91 Å². The third-order valence-corrected chi connectivity index (χ3v) is 6.31. The second kappa shape index (κ2) is 12.8. The average molecular weight is 499 g/mol. The van der Waals surface area contributed by atoms with Crippen molar-refractivity contribution >= 4 is 23.5 Å². The van der Waals surface area contributed by atoms with Gasteiger partial charge in [0.2, 0.25) is 5.91 Å². The van der Waals surface area contributed by atoms with Crippen molar-refractivity contribution in [1.82, 2.24) is 4.90 Å². The van der Waals surface area contributed by atoms with E-state index in [1.807, 2.05) is 24.3 Å². The van der Waals surface area contributed by atoms with E-state index in [1.54, 1.807) is 14.2 Å². The largest absolute Gasteiger partial charge is 0.497 e. The van der Waals surface area contributed by atoms with Gasteiger partial charge in [-0.3, -0.25) is 9.59 Å². The maximum Gasteiger partial charge on any atom is 0.340 e. The van der Waals surface area contributed by atoms with Gasteiger partial charge in [0.15, 0.2) is 18.1 Å². The number of nitrogens with one attached hydrogen (secondary N) is 1. The highest BCUT2D eigenvalue weighted by Gasteiger charge is 2.25. The lowest BCUT2D eigenvalue weighted by Gasteiger charge is -2.22. The molecule has 0 unspecified atom stereocenters. The Kier molecular flexibility index (Phi) is 9.55. The Morgan fingerprint density at radius 2 is 1.56 bits per heavy atom. The molecule has 0 spiro atoms. The number of amides is 2. The van der Waals surface area contributed by atoms with Gasteiger partial charge in [-0.05, 0) is 30.5 Å². The Labute approximate surface area is 211 Å². The van der Waals surface area contributed by atoms with E-state index in [1.165, 1.54) is 31.3 Å². The first kappa shape index (κ1) is 26.8. The normalized spacial score (nSPS) is 13.4. The Morgan fingerprint density at radius 3 is 2.17 bits per heavy atom. The number of esters is 1. The molecule has 0 saturated heterocycles. The molecule has 0 heterocycles. The van der Waals surface area contributed by atoms with Crippen LogP contribution in [0.2, 0.25) is 0 Å². The Balaban J connectivity index is 1.69. The predicted octanol–water partition coefficient (Wildman–Crippen LogP) is 4.05. The van der Waals surface area contributed by atoms with E-state index < -0.39 is 12.6 Å². The van der Waals surface area contributed by atoms with Gasteiger partial charge in [-0.25, -0.2) is 4.79 Å². The summed E-state index contributed by atoms with van der Waals surface area (Å²) < 4.78 is 21.1. The molecule has 1 fully saturated rings. The van der Waals surface area contributed by atoms with Crippen LogP contribution in [0.15, 0.2) is 36.4 Å². The molecule has 36 heavy (non-hydrogen) atoms. The fourth-order valence-electron chi connectivity index (χ4n) is 4.16. The lowest BCUT2D eigenvalue weighted by molar-refractivity contribution is -0.133. The van der Waals surface area contributed by atoms with Crippen LogP contribution in [0.25, 0.3) is 0 Å². The molecule has 0 atom stereocenters. The summed E-state index contributed by atoms with van der Waals surface area (Å²) in [5.41, 5.74) is 1.25. The summed E-state index contributed by atoms with van der Waals surface area (Å²) >= 11 is 0. The summed E-state index contributed by atoms with van der Waals surface area (Å²) in [6, 6.07) is 10.3. The molecule has 0 bridgehead atoms. The average Bonchev–Trinajstić information content (AvgIpc) is 2.91. The molecule has 3 rings (SSSR count). The van der Waals surface area contributed by atoms with Gasteiger partial charge in [-0.2, -0.15) is 0 Å². The van der Waals surface area contributed by atoms with Gasteiger partial charge in [0.05, 0.1) is 32.6 Å². The van der Waals surface area contributed by atoms with Crippen LogP contribution < -0.4 is 19.5 Å². The summed E-state index contributed by atoms with van der Waals surface area (Å²) in [6.07, 6.45) is 4.76. The quantitative estimate of drug-likeness (QED) is 0.493. The van der Waals surface area contributed by atoms with Crippen LogP contribution in [0.1, 0.15) is 48.0 Å². The van der Waals surface area contributed by atoms with Crippen LogP contribution >= 0.6 is 0 Å². The Hall–Kier alpha value is -3.75. The summed E-state index contributed by atoms with van der Waals surface area (Å²) in [5.74, 6) is 0.0259. The van der Waals surface area contributed by atoms with Crippen molar-refractivity contribution in [2.75, 3.05) is 40.3 Å². The smallest absolute Gasteiger partial charge is 0.340 e. The molecule has 1 aliphatic rings. The van der Waals surface area contributed by atoms with Crippen molar-refractivity contribution in [3.8, 4) is 17.2 Å². The van der Waals surface area contributed by atoms with Crippen molar-refractivity contribution < 1.29 is 33.3 Å². The minimum atomic E-state index is -0.749. The van der Waals surface area contributed by atoms with Crippen molar-refractivity contribution in [3.63, 3.8) is 0 Å². The first-order valence-electron chi connectivity index (χ1n) is 12.0. The lowest BCUT2D eigenvalue weighted by atomic mass is 9.88. The summed E-state index contributed by atoms with van der Waals surface area (Å²) in [7, 11) is 6.14. The number of rotatable bonds is 10. The molecule has 2 amide bonds.